The number of carbonyl (C=O) groups is 3. The van der Waals surface area contributed by atoms with Gasteiger partial charge in [0.25, 0.3) is 5.91 Å². The number of anilines is 1. The van der Waals surface area contributed by atoms with Crippen LogP contribution >= 0.6 is 11.6 Å². The Bertz CT molecular complexity index is 775. The van der Waals surface area contributed by atoms with Gasteiger partial charge < -0.3 is 15.1 Å². The van der Waals surface area contributed by atoms with Gasteiger partial charge in [-0.3, -0.25) is 14.9 Å². The summed E-state index contributed by atoms with van der Waals surface area (Å²) in [7, 11) is 0. The van der Waals surface area contributed by atoms with Gasteiger partial charge in [-0.05, 0) is 31.5 Å². The van der Waals surface area contributed by atoms with Crippen molar-refractivity contribution in [1.82, 2.24) is 15.5 Å². The number of hydrogen-bond acceptors (Lipinski definition) is 4. The van der Waals surface area contributed by atoms with E-state index in [0.717, 1.165) is 5.69 Å². The largest absolute Gasteiger partial charge is 0.365 e. The first kappa shape index (κ1) is 19.4. The fraction of sp³-hybridized carbons (Fsp3) is 0.500. The van der Waals surface area contributed by atoms with E-state index >= 15 is 0 Å². The van der Waals surface area contributed by atoms with Crippen LogP contribution in [0.5, 0.6) is 0 Å². The molecule has 1 aromatic carbocycles. The van der Waals surface area contributed by atoms with Crippen molar-refractivity contribution in [3.63, 3.8) is 0 Å². The lowest BCUT2D eigenvalue weighted by Crippen LogP contribution is -2.55. The predicted molar refractivity (Wildman–Crippen MR) is 99.0 cm³/mol. The van der Waals surface area contributed by atoms with E-state index in [1.807, 2.05) is 6.92 Å². The number of halogens is 2. The number of hydrogen-bond donors (Lipinski definition) is 2. The molecule has 0 spiro atoms. The SMILES string of the molecule is CC(CC1NC(=O)NC1=O)C(=O)N1CCN(c2ccc(F)c(Cl)c2)[C@@H](C)C1. The summed E-state index contributed by atoms with van der Waals surface area (Å²) in [6.45, 7) is 5.39. The lowest BCUT2D eigenvalue weighted by Gasteiger charge is -2.42. The third-order valence-corrected chi connectivity index (χ3v) is 5.33. The highest BCUT2D eigenvalue weighted by Gasteiger charge is 2.35. The smallest absolute Gasteiger partial charge is 0.322 e. The molecule has 2 unspecified atom stereocenters. The Kier molecular flexibility index (Phi) is 5.55. The summed E-state index contributed by atoms with van der Waals surface area (Å²) in [5.41, 5.74) is 0.819. The first-order chi connectivity index (χ1) is 12.8. The topological polar surface area (TPSA) is 81.8 Å². The second-order valence-corrected chi connectivity index (χ2v) is 7.48. The van der Waals surface area contributed by atoms with E-state index in [0.29, 0.717) is 19.6 Å². The summed E-state index contributed by atoms with van der Waals surface area (Å²) in [5, 5.41) is 4.76. The Balaban J connectivity index is 1.59. The minimum absolute atomic E-state index is 0.0332. The van der Waals surface area contributed by atoms with E-state index in [9.17, 15) is 18.8 Å². The second-order valence-electron chi connectivity index (χ2n) is 7.08. The Morgan fingerprint density at radius 1 is 1.37 bits per heavy atom. The molecule has 7 nitrogen and oxygen atoms in total. The van der Waals surface area contributed by atoms with Crippen LogP contribution in [0, 0.1) is 11.7 Å². The van der Waals surface area contributed by atoms with Gasteiger partial charge >= 0.3 is 6.03 Å². The number of rotatable bonds is 4. The quantitative estimate of drug-likeness (QED) is 0.760. The molecule has 2 aliphatic rings. The van der Waals surface area contributed by atoms with Gasteiger partial charge in [0.15, 0.2) is 0 Å². The molecule has 27 heavy (non-hydrogen) atoms. The average molecular weight is 397 g/mol. The van der Waals surface area contributed by atoms with Gasteiger partial charge in [0.2, 0.25) is 5.91 Å². The number of imide groups is 1. The normalized spacial score (nSPS) is 23.9. The minimum Gasteiger partial charge on any atom is -0.365 e. The summed E-state index contributed by atoms with van der Waals surface area (Å²) in [4.78, 5) is 39.5. The van der Waals surface area contributed by atoms with Crippen molar-refractivity contribution in [3.05, 3.63) is 29.0 Å². The Morgan fingerprint density at radius 2 is 2.11 bits per heavy atom. The van der Waals surface area contributed by atoms with E-state index < -0.39 is 29.7 Å². The molecule has 0 radical (unpaired) electrons. The lowest BCUT2D eigenvalue weighted by molar-refractivity contribution is -0.136. The molecular formula is C18H22ClFN4O3. The maximum Gasteiger partial charge on any atom is 0.322 e. The molecule has 0 aromatic heterocycles. The molecule has 2 N–H and O–H groups in total. The summed E-state index contributed by atoms with van der Waals surface area (Å²) >= 11 is 5.88. The van der Waals surface area contributed by atoms with Crippen molar-refractivity contribution in [1.29, 1.82) is 0 Å². The number of piperazine rings is 1. The van der Waals surface area contributed by atoms with Crippen molar-refractivity contribution in [3.8, 4) is 0 Å². The maximum atomic E-state index is 13.4. The highest BCUT2D eigenvalue weighted by atomic mass is 35.5. The highest BCUT2D eigenvalue weighted by Crippen LogP contribution is 2.26. The van der Waals surface area contributed by atoms with Crippen LogP contribution in [0.1, 0.15) is 20.3 Å². The molecule has 2 aliphatic heterocycles. The molecule has 2 fully saturated rings. The molecule has 1 aromatic rings. The number of urea groups is 1. The van der Waals surface area contributed by atoms with E-state index in [4.69, 9.17) is 11.6 Å². The number of benzene rings is 1. The Labute approximate surface area is 161 Å². The molecule has 146 valence electrons. The van der Waals surface area contributed by atoms with E-state index in [1.54, 1.807) is 24.0 Å². The molecule has 3 rings (SSSR count). The fourth-order valence-corrected chi connectivity index (χ4v) is 3.77. The van der Waals surface area contributed by atoms with Gasteiger partial charge in [-0.2, -0.15) is 0 Å². The average Bonchev–Trinajstić information content (AvgIpc) is 2.93. The number of amides is 4. The number of nitrogens with zero attached hydrogens (tertiary/aromatic N) is 2. The zero-order valence-electron chi connectivity index (χ0n) is 15.2. The van der Waals surface area contributed by atoms with Crippen LogP contribution in [-0.4, -0.2) is 54.5 Å². The summed E-state index contributed by atoms with van der Waals surface area (Å²) in [6.07, 6.45) is 0.262. The lowest BCUT2D eigenvalue weighted by atomic mass is 9.99. The zero-order chi connectivity index (χ0) is 19.7. The van der Waals surface area contributed by atoms with Crippen LogP contribution in [0.25, 0.3) is 0 Å². The fourth-order valence-electron chi connectivity index (χ4n) is 3.60. The standard InChI is InChI=1S/C18H22ClFN4O3/c1-10(7-15-16(25)22-18(27)21-15)17(26)23-5-6-24(11(2)9-23)12-3-4-14(20)13(19)8-12/h3-4,8,10-11,15H,5-7,9H2,1-2H3,(H2,21,22,25,27)/t10?,11-,15?/m0/s1. The van der Waals surface area contributed by atoms with Crippen molar-refractivity contribution in [2.75, 3.05) is 24.5 Å². The van der Waals surface area contributed by atoms with E-state index in [2.05, 4.69) is 15.5 Å². The van der Waals surface area contributed by atoms with E-state index in [1.165, 1.54) is 6.07 Å². The van der Waals surface area contributed by atoms with Gasteiger partial charge in [0.05, 0.1) is 5.02 Å². The third-order valence-electron chi connectivity index (χ3n) is 5.04. The van der Waals surface area contributed by atoms with Gasteiger partial charge in [-0.1, -0.05) is 18.5 Å². The van der Waals surface area contributed by atoms with Gasteiger partial charge in [0, 0.05) is 37.3 Å². The molecule has 3 atom stereocenters. The number of carbonyl (C=O) groups excluding carboxylic acids is 3. The predicted octanol–water partition coefficient (Wildman–Crippen LogP) is 1.75. The second kappa shape index (κ2) is 7.72. The van der Waals surface area contributed by atoms with Crippen LogP contribution in [0.3, 0.4) is 0 Å². The molecule has 0 saturated carbocycles. The molecule has 0 aliphatic carbocycles. The number of nitrogens with one attached hydrogen (secondary N) is 2. The van der Waals surface area contributed by atoms with Crippen molar-refractivity contribution in [2.24, 2.45) is 5.92 Å². The summed E-state index contributed by atoms with van der Waals surface area (Å²) in [6, 6.07) is 3.45. The Morgan fingerprint density at radius 3 is 2.70 bits per heavy atom. The minimum atomic E-state index is -0.670. The van der Waals surface area contributed by atoms with Crippen molar-refractivity contribution < 1.29 is 18.8 Å². The van der Waals surface area contributed by atoms with Crippen LogP contribution in [0.2, 0.25) is 5.02 Å². The van der Waals surface area contributed by atoms with Crippen LogP contribution < -0.4 is 15.5 Å². The molecule has 4 amide bonds. The summed E-state index contributed by atoms with van der Waals surface area (Å²) in [5.74, 6) is -1.30. The van der Waals surface area contributed by atoms with Crippen molar-refractivity contribution in [2.45, 2.75) is 32.4 Å². The van der Waals surface area contributed by atoms with Crippen LogP contribution in [0.15, 0.2) is 18.2 Å². The molecular weight excluding hydrogens is 375 g/mol. The molecule has 9 heteroatoms. The van der Waals surface area contributed by atoms with E-state index in [-0.39, 0.29) is 23.4 Å². The Hall–Kier alpha value is -2.35. The summed E-state index contributed by atoms with van der Waals surface area (Å²) < 4.78 is 13.4. The van der Waals surface area contributed by atoms with Gasteiger partial charge in [-0.15, -0.1) is 0 Å². The zero-order valence-corrected chi connectivity index (χ0v) is 15.9. The highest BCUT2D eigenvalue weighted by molar-refractivity contribution is 6.31. The molecule has 2 saturated heterocycles. The van der Waals surface area contributed by atoms with Crippen LogP contribution in [-0.2, 0) is 9.59 Å². The third kappa shape index (κ3) is 4.16. The van der Waals surface area contributed by atoms with Crippen molar-refractivity contribution >= 4 is 35.1 Å². The first-order valence-corrected chi connectivity index (χ1v) is 9.26. The van der Waals surface area contributed by atoms with Gasteiger partial charge in [-0.25, -0.2) is 9.18 Å². The maximum absolute atomic E-state index is 13.4. The first-order valence-electron chi connectivity index (χ1n) is 8.88. The van der Waals surface area contributed by atoms with Crippen LogP contribution in [0.4, 0.5) is 14.9 Å². The monoisotopic (exact) mass is 396 g/mol. The molecule has 0 bridgehead atoms. The van der Waals surface area contributed by atoms with Gasteiger partial charge in [0.1, 0.15) is 11.9 Å². The molecule has 2 heterocycles.